The number of hydrogen-bond acceptors (Lipinski definition) is 4. The van der Waals surface area contributed by atoms with E-state index in [1.807, 2.05) is 23.6 Å². The Morgan fingerprint density at radius 1 is 1.25 bits per heavy atom. The molecule has 0 amide bonds. The van der Waals surface area contributed by atoms with Crippen molar-refractivity contribution in [1.82, 2.24) is 19.7 Å². The zero-order chi connectivity index (χ0) is 19.5. The van der Waals surface area contributed by atoms with Crippen molar-refractivity contribution in [3.05, 3.63) is 39.8 Å². The van der Waals surface area contributed by atoms with Crippen molar-refractivity contribution in [3.63, 3.8) is 0 Å². The first kappa shape index (κ1) is 18.7. The van der Waals surface area contributed by atoms with Gasteiger partial charge in [0.25, 0.3) is 5.56 Å². The Kier molecular flexibility index (Phi) is 5.47. The molecule has 1 aliphatic heterocycles. The van der Waals surface area contributed by atoms with Crippen LogP contribution in [0.2, 0.25) is 0 Å². The first-order valence-corrected chi connectivity index (χ1v) is 10.1. The predicted octanol–water partition coefficient (Wildman–Crippen LogP) is 2.37. The average Bonchev–Trinajstić information content (AvgIpc) is 3.11. The molecule has 2 aromatic heterocycles. The van der Waals surface area contributed by atoms with Crippen molar-refractivity contribution in [2.45, 2.75) is 39.2 Å². The van der Waals surface area contributed by atoms with E-state index >= 15 is 0 Å². The van der Waals surface area contributed by atoms with Crippen LogP contribution in [0.3, 0.4) is 0 Å². The fourth-order valence-corrected chi connectivity index (χ4v) is 4.01. The van der Waals surface area contributed by atoms with Gasteiger partial charge >= 0.3 is 0 Å². The highest BCUT2D eigenvalue weighted by atomic mass is 16.1. The lowest BCUT2D eigenvalue weighted by Gasteiger charge is -2.23. The third-order valence-electron chi connectivity index (χ3n) is 5.52. The Bertz CT molecular complexity index is 1110. The van der Waals surface area contributed by atoms with Crippen LogP contribution in [0.4, 0.5) is 0 Å². The van der Waals surface area contributed by atoms with Gasteiger partial charge in [-0.2, -0.15) is 5.10 Å². The summed E-state index contributed by atoms with van der Waals surface area (Å²) in [7, 11) is 0. The number of nitrogens with zero attached hydrogens (tertiary/aromatic N) is 3. The number of piperidine rings is 1. The highest BCUT2D eigenvalue weighted by Gasteiger charge is 2.15. The fraction of sp³-hybridized carbons (Fsp3) is 0.455. The standard InChI is InChI=1S/C22H27N5O/c1-16-20-21(25-24-16)18-15-17(7-5-13-26-11-3-2-4-12-26)8-9-19(18)27(22(20)28)14-6-10-23/h8-9,15H,2-4,6,10-14,23H2,1H3,(H,24,25). The van der Waals surface area contributed by atoms with Crippen LogP contribution < -0.4 is 11.3 Å². The second-order valence-corrected chi connectivity index (χ2v) is 7.54. The molecular formula is C22H27N5O. The van der Waals surface area contributed by atoms with Crippen LogP contribution in [-0.4, -0.2) is 45.8 Å². The van der Waals surface area contributed by atoms with E-state index < -0.39 is 0 Å². The van der Waals surface area contributed by atoms with Crippen LogP contribution in [0, 0.1) is 18.8 Å². The molecule has 6 nitrogen and oxygen atoms in total. The molecule has 0 saturated carbocycles. The molecule has 1 aliphatic rings. The Morgan fingerprint density at radius 3 is 2.86 bits per heavy atom. The number of aryl methyl sites for hydroxylation is 2. The maximum Gasteiger partial charge on any atom is 0.262 e. The van der Waals surface area contributed by atoms with Crippen molar-refractivity contribution >= 4 is 21.8 Å². The van der Waals surface area contributed by atoms with E-state index in [-0.39, 0.29) is 5.56 Å². The van der Waals surface area contributed by atoms with Gasteiger partial charge in [-0.15, -0.1) is 0 Å². The molecule has 28 heavy (non-hydrogen) atoms. The number of likely N-dealkylation sites (tertiary alicyclic amines) is 1. The number of rotatable bonds is 4. The summed E-state index contributed by atoms with van der Waals surface area (Å²) in [5, 5.41) is 8.99. The molecule has 3 N–H and O–H groups in total. The number of aromatic amines is 1. The molecule has 0 spiro atoms. The maximum absolute atomic E-state index is 13.0. The van der Waals surface area contributed by atoms with Crippen molar-refractivity contribution in [2.24, 2.45) is 5.73 Å². The number of nitrogens with two attached hydrogens (primary N) is 1. The zero-order valence-corrected chi connectivity index (χ0v) is 16.4. The van der Waals surface area contributed by atoms with Crippen molar-refractivity contribution in [2.75, 3.05) is 26.2 Å². The maximum atomic E-state index is 13.0. The third-order valence-corrected chi connectivity index (χ3v) is 5.52. The van der Waals surface area contributed by atoms with Gasteiger partial charge < -0.3 is 10.3 Å². The zero-order valence-electron chi connectivity index (χ0n) is 16.4. The molecule has 0 unspecified atom stereocenters. The molecule has 0 aliphatic carbocycles. The fourth-order valence-electron chi connectivity index (χ4n) is 4.01. The molecule has 1 fully saturated rings. The van der Waals surface area contributed by atoms with Crippen LogP contribution in [-0.2, 0) is 6.54 Å². The summed E-state index contributed by atoms with van der Waals surface area (Å²) in [6.07, 6.45) is 4.64. The van der Waals surface area contributed by atoms with E-state index in [9.17, 15) is 4.79 Å². The number of benzene rings is 1. The third kappa shape index (κ3) is 3.56. The van der Waals surface area contributed by atoms with E-state index in [0.717, 1.165) is 53.7 Å². The smallest absolute Gasteiger partial charge is 0.262 e. The molecular weight excluding hydrogens is 350 g/mol. The van der Waals surface area contributed by atoms with Crippen molar-refractivity contribution in [1.29, 1.82) is 0 Å². The Labute approximate surface area is 164 Å². The van der Waals surface area contributed by atoms with Crippen molar-refractivity contribution in [3.8, 4) is 11.8 Å². The molecule has 146 valence electrons. The van der Waals surface area contributed by atoms with Gasteiger partial charge in [-0.05, 0) is 64.0 Å². The molecule has 4 rings (SSSR count). The molecule has 0 atom stereocenters. The SMILES string of the molecule is Cc1[nH]nc2c1c(=O)n(CCCN)c1ccc(C#CCN3CCCCC3)cc21. The minimum Gasteiger partial charge on any atom is -0.330 e. The Morgan fingerprint density at radius 2 is 2.07 bits per heavy atom. The quantitative estimate of drug-likeness (QED) is 0.684. The summed E-state index contributed by atoms with van der Waals surface area (Å²) in [5.41, 5.74) is 9.03. The summed E-state index contributed by atoms with van der Waals surface area (Å²) < 4.78 is 1.82. The predicted molar refractivity (Wildman–Crippen MR) is 113 cm³/mol. The lowest BCUT2D eigenvalue weighted by molar-refractivity contribution is 0.255. The number of aromatic nitrogens is 3. The summed E-state index contributed by atoms with van der Waals surface area (Å²) in [6, 6.07) is 6.04. The topological polar surface area (TPSA) is 79.9 Å². The second-order valence-electron chi connectivity index (χ2n) is 7.54. The van der Waals surface area contributed by atoms with E-state index in [2.05, 4.69) is 33.0 Å². The summed E-state index contributed by atoms with van der Waals surface area (Å²) in [5.74, 6) is 6.61. The summed E-state index contributed by atoms with van der Waals surface area (Å²) >= 11 is 0. The average molecular weight is 377 g/mol. The molecule has 3 heterocycles. The lowest BCUT2D eigenvalue weighted by Crippen LogP contribution is -2.29. The van der Waals surface area contributed by atoms with Gasteiger partial charge in [-0.1, -0.05) is 18.3 Å². The minimum absolute atomic E-state index is 0.00821. The van der Waals surface area contributed by atoms with Gasteiger partial charge in [-0.3, -0.25) is 14.8 Å². The van der Waals surface area contributed by atoms with Crippen LogP contribution in [0.15, 0.2) is 23.0 Å². The highest BCUT2D eigenvalue weighted by Crippen LogP contribution is 2.24. The van der Waals surface area contributed by atoms with Crippen molar-refractivity contribution < 1.29 is 0 Å². The largest absolute Gasteiger partial charge is 0.330 e. The minimum atomic E-state index is -0.00821. The van der Waals surface area contributed by atoms with Gasteiger partial charge in [0.15, 0.2) is 0 Å². The normalized spacial score (nSPS) is 15.1. The van der Waals surface area contributed by atoms with E-state index in [1.54, 1.807) is 0 Å². The van der Waals surface area contributed by atoms with Gasteiger partial charge in [0.1, 0.15) is 5.52 Å². The Hall–Kier alpha value is -2.62. The first-order chi connectivity index (χ1) is 13.7. The molecule has 1 saturated heterocycles. The monoisotopic (exact) mass is 377 g/mol. The molecule has 0 radical (unpaired) electrons. The van der Waals surface area contributed by atoms with Gasteiger partial charge in [0.05, 0.1) is 17.4 Å². The summed E-state index contributed by atoms with van der Waals surface area (Å²) in [6.45, 7) is 6.14. The molecule has 1 aromatic carbocycles. The highest BCUT2D eigenvalue weighted by molar-refractivity contribution is 6.04. The second kappa shape index (κ2) is 8.17. The number of fused-ring (bicyclic) bond motifs is 3. The van der Waals surface area contributed by atoms with Gasteiger partial charge in [0, 0.05) is 23.2 Å². The van der Waals surface area contributed by atoms with Crippen LogP contribution >= 0.6 is 0 Å². The van der Waals surface area contributed by atoms with Gasteiger partial charge in [0.2, 0.25) is 0 Å². The van der Waals surface area contributed by atoms with E-state index in [1.165, 1.54) is 19.3 Å². The summed E-state index contributed by atoms with van der Waals surface area (Å²) in [4.78, 5) is 15.4. The van der Waals surface area contributed by atoms with Crippen LogP contribution in [0.5, 0.6) is 0 Å². The molecule has 6 heteroatoms. The lowest BCUT2D eigenvalue weighted by atomic mass is 10.1. The van der Waals surface area contributed by atoms with E-state index in [0.29, 0.717) is 18.5 Å². The van der Waals surface area contributed by atoms with Crippen LogP contribution in [0.25, 0.3) is 21.8 Å². The number of hydrogen-bond donors (Lipinski definition) is 2. The van der Waals surface area contributed by atoms with Gasteiger partial charge in [-0.25, -0.2) is 0 Å². The molecule has 3 aromatic rings. The first-order valence-electron chi connectivity index (χ1n) is 10.1. The number of nitrogens with one attached hydrogen (secondary N) is 1. The van der Waals surface area contributed by atoms with Crippen LogP contribution in [0.1, 0.15) is 36.9 Å². The number of H-pyrrole nitrogens is 1. The number of pyridine rings is 1. The van der Waals surface area contributed by atoms with E-state index in [4.69, 9.17) is 5.73 Å². The Balaban J connectivity index is 1.75. The molecule has 0 bridgehead atoms.